The fraction of sp³-hybridized carbons (Fsp3) is 0.316. The van der Waals surface area contributed by atoms with Gasteiger partial charge in [-0.2, -0.15) is 0 Å². The summed E-state index contributed by atoms with van der Waals surface area (Å²) in [7, 11) is -1.57. The van der Waals surface area contributed by atoms with Crippen LogP contribution >= 0.6 is 11.3 Å². The number of nitrogens with zero attached hydrogens (tertiary/aromatic N) is 3. The van der Waals surface area contributed by atoms with E-state index in [-0.39, 0.29) is 11.7 Å². The molecule has 0 aliphatic carbocycles. The summed E-state index contributed by atoms with van der Waals surface area (Å²) in [4.78, 5) is 22.0. The van der Waals surface area contributed by atoms with Gasteiger partial charge in [0.15, 0.2) is 20.8 Å². The van der Waals surface area contributed by atoms with Gasteiger partial charge in [0.25, 0.3) is 0 Å². The maximum atomic E-state index is 12.3. The largest absolute Gasteiger partial charge is 0.333 e. The molecule has 7 nitrogen and oxygen atoms in total. The van der Waals surface area contributed by atoms with Gasteiger partial charge in [-0.05, 0) is 5.92 Å². The SMILES string of the molecule is CC(C)CS(=O)(=O)CC(=O)Nc1nc(-c2ccccc2)c(-c2nccn2C)s1. The number of nitrogens with one attached hydrogen (secondary N) is 1. The van der Waals surface area contributed by atoms with Gasteiger partial charge in [-0.1, -0.05) is 55.5 Å². The minimum atomic E-state index is -3.46. The fourth-order valence-electron chi connectivity index (χ4n) is 2.82. The molecule has 9 heteroatoms. The molecule has 3 aromatic rings. The number of amides is 1. The molecule has 0 atom stereocenters. The quantitative estimate of drug-likeness (QED) is 0.636. The van der Waals surface area contributed by atoms with E-state index in [9.17, 15) is 13.2 Å². The van der Waals surface area contributed by atoms with Crippen LogP contribution in [0.4, 0.5) is 5.13 Å². The van der Waals surface area contributed by atoms with Crippen LogP contribution in [0.15, 0.2) is 42.7 Å². The number of carbonyl (C=O) groups is 1. The van der Waals surface area contributed by atoms with Crippen molar-refractivity contribution in [3.05, 3.63) is 42.7 Å². The first-order valence-electron chi connectivity index (χ1n) is 8.79. The van der Waals surface area contributed by atoms with E-state index >= 15 is 0 Å². The first-order valence-corrected chi connectivity index (χ1v) is 11.4. The molecule has 0 unspecified atom stereocenters. The Morgan fingerprint density at radius 1 is 1.25 bits per heavy atom. The van der Waals surface area contributed by atoms with E-state index in [1.807, 2.05) is 62.0 Å². The van der Waals surface area contributed by atoms with Crippen LogP contribution in [0.5, 0.6) is 0 Å². The second-order valence-corrected chi connectivity index (χ2v) is 10.0. The Hall–Kier alpha value is -2.52. The highest BCUT2D eigenvalue weighted by molar-refractivity contribution is 7.92. The summed E-state index contributed by atoms with van der Waals surface area (Å²) in [5, 5.41) is 2.98. The topological polar surface area (TPSA) is 93.9 Å². The molecule has 2 heterocycles. The number of anilines is 1. The maximum absolute atomic E-state index is 12.3. The number of hydrogen-bond acceptors (Lipinski definition) is 6. The van der Waals surface area contributed by atoms with Gasteiger partial charge in [-0.25, -0.2) is 18.4 Å². The average Bonchev–Trinajstić information content (AvgIpc) is 3.19. The van der Waals surface area contributed by atoms with Crippen molar-refractivity contribution in [1.29, 1.82) is 0 Å². The van der Waals surface area contributed by atoms with E-state index < -0.39 is 21.5 Å². The summed E-state index contributed by atoms with van der Waals surface area (Å²) in [5.74, 6) is -0.461. The average molecular weight is 419 g/mol. The lowest BCUT2D eigenvalue weighted by Gasteiger charge is -2.06. The van der Waals surface area contributed by atoms with Crippen molar-refractivity contribution >= 4 is 32.2 Å². The van der Waals surface area contributed by atoms with E-state index in [2.05, 4.69) is 15.3 Å². The predicted octanol–water partition coefficient (Wildman–Crippen LogP) is 3.22. The van der Waals surface area contributed by atoms with Crippen LogP contribution in [-0.4, -0.2) is 40.4 Å². The van der Waals surface area contributed by atoms with Crippen molar-refractivity contribution < 1.29 is 13.2 Å². The Labute approximate surface area is 168 Å². The van der Waals surface area contributed by atoms with E-state index in [0.717, 1.165) is 16.3 Å². The number of sulfone groups is 1. The molecule has 1 amide bonds. The van der Waals surface area contributed by atoms with Gasteiger partial charge in [0.2, 0.25) is 5.91 Å². The fourth-order valence-corrected chi connectivity index (χ4v) is 5.47. The van der Waals surface area contributed by atoms with Crippen LogP contribution in [-0.2, 0) is 21.7 Å². The molecule has 1 N–H and O–H groups in total. The predicted molar refractivity (Wildman–Crippen MR) is 112 cm³/mol. The van der Waals surface area contributed by atoms with Crippen molar-refractivity contribution in [2.75, 3.05) is 16.8 Å². The van der Waals surface area contributed by atoms with Crippen LogP contribution in [0.2, 0.25) is 0 Å². The summed E-state index contributed by atoms with van der Waals surface area (Å²) in [6, 6.07) is 9.60. The number of imidazole rings is 1. The number of hydrogen-bond donors (Lipinski definition) is 1. The maximum Gasteiger partial charge on any atom is 0.241 e. The van der Waals surface area contributed by atoms with Crippen LogP contribution in [0.1, 0.15) is 13.8 Å². The molecule has 0 bridgehead atoms. The molecule has 0 spiro atoms. The number of rotatable bonds is 7. The zero-order valence-corrected chi connectivity index (χ0v) is 17.5. The third-order valence-corrected chi connectivity index (χ3v) is 6.73. The number of aryl methyl sites for hydroxylation is 1. The Bertz CT molecular complexity index is 1070. The third kappa shape index (κ3) is 4.85. The van der Waals surface area contributed by atoms with Gasteiger partial charge in [0.05, 0.1) is 16.3 Å². The molecule has 0 saturated heterocycles. The van der Waals surface area contributed by atoms with Gasteiger partial charge in [-0.3, -0.25) is 4.79 Å². The molecule has 0 aliphatic rings. The molecule has 3 rings (SSSR count). The highest BCUT2D eigenvalue weighted by atomic mass is 32.2. The van der Waals surface area contributed by atoms with E-state index in [4.69, 9.17) is 0 Å². The zero-order valence-electron chi connectivity index (χ0n) is 15.9. The summed E-state index contributed by atoms with van der Waals surface area (Å²) in [6.45, 7) is 3.61. The lowest BCUT2D eigenvalue weighted by atomic mass is 10.1. The van der Waals surface area contributed by atoms with Gasteiger partial charge in [0.1, 0.15) is 5.75 Å². The number of benzene rings is 1. The van der Waals surface area contributed by atoms with Crippen LogP contribution in [0, 0.1) is 5.92 Å². The molecule has 2 aromatic heterocycles. The summed E-state index contributed by atoms with van der Waals surface area (Å²) < 4.78 is 26.0. The minimum absolute atomic E-state index is 0.0218. The normalized spacial score (nSPS) is 11.7. The van der Waals surface area contributed by atoms with Crippen molar-refractivity contribution in [1.82, 2.24) is 14.5 Å². The number of aromatic nitrogens is 3. The number of thiazole rings is 1. The Morgan fingerprint density at radius 2 is 1.96 bits per heavy atom. The first kappa shape index (κ1) is 20.2. The molecule has 0 radical (unpaired) electrons. The van der Waals surface area contributed by atoms with Crippen LogP contribution < -0.4 is 5.32 Å². The molecule has 0 saturated carbocycles. The van der Waals surface area contributed by atoms with Crippen molar-refractivity contribution in [3.8, 4) is 22.0 Å². The van der Waals surface area contributed by atoms with Crippen LogP contribution in [0.3, 0.4) is 0 Å². The molecule has 1 aromatic carbocycles. The van der Waals surface area contributed by atoms with E-state index in [1.165, 1.54) is 11.3 Å². The summed E-state index contributed by atoms with van der Waals surface area (Å²) >= 11 is 1.27. The van der Waals surface area contributed by atoms with Crippen molar-refractivity contribution in [3.63, 3.8) is 0 Å². The van der Waals surface area contributed by atoms with E-state index in [1.54, 1.807) is 6.20 Å². The minimum Gasteiger partial charge on any atom is -0.333 e. The highest BCUT2D eigenvalue weighted by Crippen LogP contribution is 2.38. The molecular weight excluding hydrogens is 396 g/mol. The molecule has 28 heavy (non-hydrogen) atoms. The van der Waals surface area contributed by atoms with Gasteiger partial charge >= 0.3 is 0 Å². The third-order valence-electron chi connectivity index (χ3n) is 3.88. The molecular formula is C19H22N4O3S2. The Balaban J connectivity index is 1.90. The standard InChI is InChI=1S/C19H22N4O3S2/c1-13(2)11-28(25,26)12-15(24)21-19-22-16(14-7-5-4-6-8-14)17(27-19)18-20-9-10-23(18)3/h4-10,13H,11-12H2,1-3H3,(H,21,22,24). The first-order chi connectivity index (χ1) is 13.2. The lowest BCUT2D eigenvalue weighted by molar-refractivity contribution is -0.113. The Morgan fingerprint density at radius 3 is 2.57 bits per heavy atom. The van der Waals surface area contributed by atoms with Crippen molar-refractivity contribution in [2.45, 2.75) is 13.8 Å². The smallest absolute Gasteiger partial charge is 0.241 e. The van der Waals surface area contributed by atoms with Crippen LogP contribution in [0.25, 0.3) is 22.0 Å². The second-order valence-electron chi connectivity index (χ2n) is 6.92. The summed E-state index contributed by atoms with van der Waals surface area (Å²) in [5.41, 5.74) is 1.59. The second kappa shape index (κ2) is 8.24. The van der Waals surface area contributed by atoms with E-state index in [0.29, 0.717) is 10.8 Å². The zero-order chi connectivity index (χ0) is 20.3. The van der Waals surface area contributed by atoms with Gasteiger partial charge in [0, 0.05) is 25.0 Å². The highest BCUT2D eigenvalue weighted by Gasteiger charge is 2.22. The summed E-state index contributed by atoms with van der Waals surface area (Å²) in [6.07, 6.45) is 3.53. The molecule has 0 aliphatic heterocycles. The van der Waals surface area contributed by atoms with Gasteiger partial charge < -0.3 is 9.88 Å². The lowest BCUT2D eigenvalue weighted by Crippen LogP contribution is -2.26. The van der Waals surface area contributed by atoms with Gasteiger partial charge in [-0.15, -0.1) is 0 Å². The molecule has 148 valence electrons. The van der Waals surface area contributed by atoms with Crippen molar-refractivity contribution in [2.24, 2.45) is 13.0 Å². The monoisotopic (exact) mass is 418 g/mol. The number of carbonyl (C=O) groups excluding carboxylic acids is 1. The molecule has 0 fully saturated rings. The Kier molecular flexibility index (Phi) is 5.95.